The van der Waals surface area contributed by atoms with Crippen molar-refractivity contribution in [3.05, 3.63) is 93.2 Å². The Hall–Kier alpha value is -4.11. The molecule has 2 aromatic heterocycles. The third kappa shape index (κ3) is 4.70. The summed E-state index contributed by atoms with van der Waals surface area (Å²) >= 11 is 0. The first-order valence-electron chi connectivity index (χ1n) is 11.9. The number of nitrogens with two attached hydrogens (primary N) is 1. The molecule has 0 spiro atoms. The van der Waals surface area contributed by atoms with E-state index in [1.165, 1.54) is 16.7 Å². The minimum Gasteiger partial charge on any atom is -0.440 e. The summed E-state index contributed by atoms with van der Waals surface area (Å²) < 4.78 is 41.5. The number of amides is 1. The van der Waals surface area contributed by atoms with Crippen molar-refractivity contribution in [2.75, 3.05) is 13.2 Å². The normalized spacial score (nSPS) is 14.2. The van der Waals surface area contributed by atoms with Gasteiger partial charge in [-0.1, -0.05) is 0 Å². The molecule has 2 N–H and O–H groups in total. The Morgan fingerprint density at radius 3 is 2.41 bits per heavy atom. The molecule has 0 unspecified atom stereocenters. The van der Waals surface area contributed by atoms with E-state index < -0.39 is 17.5 Å². The quantitative estimate of drug-likeness (QED) is 0.409. The third-order valence-corrected chi connectivity index (χ3v) is 6.59. The summed E-state index contributed by atoms with van der Waals surface area (Å²) in [7, 11) is 0. The van der Waals surface area contributed by atoms with Gasteiger partial charge < -0.3 is 14.9 Å². The van der Waals surface area contributed by atoms with Crippen molar-refractivity contribution in [1.82, 2.24) is 9.55 Å². The SMILES string of the molecule is Cc1cc(C(N)=O)cc(C)c1-n1cc(-c2nc(C3CCOCC3)oc2-c2ccc(F)cc2F)ccc1=O. The minimum absolute atomic E-state index is 0.0125. The molecule has 5 rings (SSSR count). The van der Waals surface area contributed by atoms with Crippen LogP contribution >= 0.6 is 0 Å². The number of aromatic nitrogens is 2. The lowest BCUT2D eigenvalue weighted by Gasteiger charge is -2.18. The van der Waals surface area contributed by atoms with Crippen molar-refractivity contribution in [2.24, 2.45) is 5.73 Å². The number of hydrogen-bond acceptors (Lipinski definition) is 5. The number of benzene rings is 2. The number of hydrogen-bond donors (Lipinski definition) is 1. The summed E-state index contributed by atoms with van der Waals surface area (Å²) in [5.41, 5.74) is 8.36. The molecular formula is C28H25F2N3O4. The van der Waals surface area contributed by atoms with Crippen LogP contribution in [0.3, 0.4) is 0 Å². The molecule has 0 radical (unpaired) electrons. The van der Waals surface area contributed by atoms with E-state index in [1.54, 1.807) is 38.2 Å². The Bertz CT molecular complexity index is 1550. The summed E-state index contributed by atoms with van der Waals surface area (Å²) in [6.07, 6.45) is 3.02. The third-order valence-electron chi connectivity index (χ3n) is 6.59. The van der Waals surface area contributed by atoms with E-state index in [0.717, 1.165) is 12.1 Å². The number of nitrogens with zero attached hydrogens (tertiary/aromatic N) is 2. The molecule has 1 aliphatic rings. The molecule has 0 bridgehead atoms. The summed E-state index contributed by atoms with van der Waals surface area (Å²) in [4.78, 5) is 29.4. The van der Waals surface area contributed by atoms with Crippen molar-refractivity contribution in [2.45, 2.75) is 32.6 Å². The maximum atomic E-state index is 14.9. The van der Waals surface area contributed by atoms with Crippen LogP contribution in [0.5, 0.6) is 0 Å². The fourth-order valence-electron chi connectivity index (χ4n) is 4.79. The maximum Gasteiger partial charge on any atom is 0.255 e. The smallest absolute Gasteiger partial charge is 0.255 e. The number of oxazole rings is 1. The Labute approximate surface area is 211 Å². The van der Waals surface area contributed by atoms with Crippen LogP contribution in [0.1, 0.15) is 46.1 Å². The van der Waals surface area contributed by atoms with Gasteiger partial charge in [0.15, 0.2) is 11.7 Å². The predicted molar refractivity (Wildman–Crippen MR) is 134 cm³/mol. The van der Waals surface area contributed by atoms with Crippen LogP contribution in [0.25, 0.3) is 28.3 Å². The first-order valence-corrected chi connectivity index (χ1v) is 11.9. The van der Waals surface area contributed by atoms with Gasteiger partial charge in [0, 0.05) is 48.6 Å². The van der Waals surface area contributed by atoms with Gasteiger partial charge in [-0.3, -0.25) is 14.2 Å². The number of primary amides is 1. The zero-order valence-corrected chi connectivity index (χ0v) is 20.4. The molecule has 190 valence electrons. The molecule has 7 nitrogen and oxygen atoms in total. The van der Waals surface area contributed by atoms with Crippen LogP contribution in [-0.2, 0) is 4.74 Å². The van der Waals surface area contributed by atoms with E-state index in [1.807, 2.05) is 0 Å². The summed E-state index contributed by atoms with van der Waals surface area (Å²) in [6.45, 7) is 4.69. The minimum atomic E-state index is -0.780. The largest absolute Gasteiger partial charge is 0.440 e. The fourth-order valence-corrected chi connectivity index (χ4v) is 4.79. The summed E-state index contributed by atoms with van der Waals surface area (Å²) in [6, 6.07) is 9.51. The van der Waals surface area contributed by atoms with Gasteiger partial charge in [0.25, 0.3) is 5.56 Å². The average Bonchev–Trinajstić information content (AvgIpc) is 3.30. The molecule has 0 atom stereocenters. The lowest BCUT2D eigenvalue weighted by molar-refractivity contribution is 0.0796. The number of halogens is 2. The summed E-state index contributed by atoms with van der Waals surface area (Å²) in [5, 5.41) is 0. The monoisotopic (exact) mass is 505 g/mol. The zero-order valence-electron chi connectivity index (χ0n) is 20.4. The second-order valence-electron chi connectivity index (χ2n) is 9.19. The molecule has 1 amide bonds. The van der Waals surface area contributed by atoms with Gasteiger partial charge in [0.2, 0.25) is 5.91 Å². The Morgan fingerprint density at radius 1 is 1.05 bits per heavy atom. The highest BCUT2D eigenvalue weighted by molar-refractivity contribution is 5.93. The molecular weight excluding hydrogens is 480 g/mol. The van der Waals surface area contributed by atoms with Gasteiger partial charge in [-0.2, -0.15) is 0 Å². The Kier molecular flexibility index (Phi) is 6.47. The lowest BCUT2D eigenvalue weighted by Crippen LogP contribution is -2.20. The van der Waals surface area contributed by atoms with Crippen LogP contribution in [-0.4, -0.2) is 28.7 Å². The van der Waals surface area contributed by atoms with Crippen LogP contribution in [0.4, 0.5) is 8.78 Å². The Morgan fingerprint density at radius 2 is 1.76 bits per heavy atom. The number of aryl methyl sites for hydroxylation is 2. The highest BCUT2D eigenvalue weighted by Crippen LogP contribution is 2.38. The highest BCUT2D eigenvalue weighted by Gasteiger charge is 2.27. The van der Waals surface area contributed by atoms with Crippen LogP contribution in [0, 0.1) is 25.5 Å². The first-order chi connectivity index (χ1) is 17.7. The topological polar surface area (TPSA) is 100 Å². The molecule has 2 aromatic carbocycles. The van der Waals surface area contributed by atoms with E-state index in [-0.39, 0.29) is 22.8 Å². The van der Waals surface area contributed by atoms with Crippen molar-refractivity contribution in [3.8, 4) is 28.3 Å². The molecule has 3 heterocycles. The van der Waals surface area contributed by atoms with E-state index in [4.69, 9.17) is 19.9 Å². The Balaban J connectivity index is 1.69. The molecule has 1 saturated heterocycles. The first kappa shape index (κ1) is 24.6. The van der Waals surface area contributed by atoms with Gasteiger partial charge in [-0.05, 0) is 68.1 Å². The summed E-state index contributed by atoms with van der Waals surface area (Å²) in [5.74, 6) is -1.46. The van der Waals surface area contributed by atoms with Crippen molar-refractivity contribution in [1.29, 1.82) is 0 Å². The molecule has 0 saturated carbocycles. The number of ether oxygens (including phenoxy) is 1. The van der Waals surface area contributed by atoms with Crippen LogP contribution < -0.4 is 11.3 Å². The molecule has 1 fully saturated rings. The van der Waals surface area contributed by atoms with Crippen LogP contribution in [0.2, 0.25) is 0 Å². The molecule has 4 aromatic rings. The van der Waals surface area contributed by atoms with E-state index in [2.05, 4.69) is 0 Å². The second kappa shape index (κ2) is 9.74. The number of pyridine rings is 1. The lowest BCUT2D eigenvalue weighted by atomic mass is 10.0. The fraction of sp³-hybridized carbons (Fsp3) is 0.250. The zero-order chi connectivity index (χ0) is 26.3. The van der Waals surface area contributed by atoms with Gasteiger partial charge in [-0.15, -0.1) is 0 Å². The van der Waals surface area contributed by atoms with Gasteiger partial charge >= 0.3 is 0 Å². The molecule has 0 aliphatic carbocycles. The molecule has 1 aliphatic heterocycles. The van der Waals surface area contributed by atoms with Crippen LogP contribution in [0.15, 0.2) is 57.9 Å². The highest BCUT2D eigenvalue weighted by atomic mass is 19.1. The van der Waals surface area contributed by atoms with Gasteiger partial charge in [-0.25, -0.2) is 13.8 Å². The number of carbonyl (C=O) groups excluding carboxylic acids is 1. The number of rotatable bonds is 5. The van der Waals surface area contributed by atoms with E-state index in [9.17, 15) is 18.4 Å². The predicted octanol–water partition coefficient (Wildman–Crippen LogP) is 5.05. The average molecular weight is 506 g/mol. The maximum absolute atomic E-state index is 14.9. The van der Waals surface area contributed by atoms with Crippen molar-refractivity contribution in [3.63, 3.8) is 0 Å². The second-order valence-corrected chi connectivity index (χ2v) is 9.19. The molecule has 9 heteroatoms. The van der Waals surface area contributed by atoms with Gasteiger partial charge in [0.05, 0.1) is 11.3 Å². The number of carbonyl (C=O) groups is 1. The van der Waals surface area contributed by atoms with Crippen molar-refractivity contribution < 1.29 is 22.7 Å². The van der Waals surface area contributed by atoms with E-state index in [0.29, 0.717) is 65.6 Å². The molecule has 37 heavy (non-hydrogen) atoms. The van der Waals surface area contributed by atoms with E-state index >= 15 is 0 Å². The standard InChI is InChI=1S/C28H25F2N3O4/c1-15-11-19(27(31)35)12-16(2)25(15)33-14-18(3-6-23(33)34)24-26(21-5-4-20(29)13-22(21)30)37-28(32-24)17-7-9-36-10-8-17/h3-6,11-14,17H,7-10H2,1-2H3,(H2,31,35). The van der Waals surface area contributed by atoms with Gasteiger partial charge in [0.1, 0.15) is 17.3 Å². The van der Waals surface area contributed by atoms with Crippen molar-refractivity contribution >= 4 is 5.91 Å².